The topological polar surface area (TPSA) is 21.7 Å². The Bertz CT molecular complexity index is 905. The zero-order valence-corrected chi connectivity index (χ0v) is 16.1. The highest BCUT2D eigenvalue weighted by atomic mass is 32.1. The average Bonchev–Trinajstić information content (AvgIpc) is 2.74. The van der Waals surface area contributed by atoms with Gasteiger partial charge in [0.2, 0.25) is 5.25 Å². The largest absolute Gasteiger partial charge is 0.497 e. The van der Waals surface area contributed by atoms with Crippen LogP contribution >= 0.6 is 0 Å². The van der Waals surface area contributed by atoms with E-state index < -0.39 is 0 Å². The fraction of sp³-hybridized carbons (Fsp3) is 0.0870. The van der Waals surface area contributed by atoms with Gasteiger partial charge in [0, 0.05) is 28.5 Å². The molecule has 0 aliphatic rings. The lowest BCUT2D eigenvalue weighted by Gasteiger charge is -2.25. The highest BCUT2D eigenvalue weighted by Gasteiger charge is 2.12. The Morgan fingerprint density at radius 3 is 1.48 bits per heavy atom. The maximum Gasteiger partial charge on any atom is 0.272 e. The quantitative estimate of drug-likeness (QED) is 0.356. The minimum atomic E-state index is 0.824. The van der Waals surface area contributed by atoms with Gasteiger partial charge in [-0.05, 0) is 72.8 Å². The molecule has 0 unspecified atom stereocenters. The summed E-state index contributed by atoms with van der Waals surface area (Å²) in [6.07, 6.45) is 0. The molecule has 134 valence electrons. The van der Waals surface area contributed by atoms with E-state index in [-0.39, 0.29) is 0 Å². The molecule has 3 aromatic carbocycles. The van der Waals surface area contributed by atoms with E-state index in [4.69, 9.17) is 9.47 Å². The van der Waals surface area contributed by atoms with Gasteiger partial charge in [-0.2, -0.15) is 0 Å². The van der Waals surface area contributed by atoms with Crippen LogP contribution in [0.4, 0.5) is 17.1 Å². The zero-order valence-electron chi connectivity index (χ0n) is 15.3. The first-order chi connectivity index (χ1) is 13.2. The summed E-state index contributed by atoms with van der Waals surface area (Å²) in [5.41, 5.74) is 4.07. The third-order valence-corrected chi connectivity index (χ3v) is 4.30. The van der Waals surface area contributed by atoms with Crippen LogP contribution in [0.25, 0.3) is 0 Å². The summed E-state index contributed by atoms with van der Waals surface area (Å²) in [4.78, 5) is 2.17. The molecule has 0 bridgehead atoms. The van der Waals surface area contributed by atoms with Crippen molar-refractivity contribution >= 4 is 34.3 Å². The molecule has 3 rings (SSSR count). The van der Waals surface area contributed by atoms with E-state index >= 15 is 0 Å². The van der Waals surface area contributed by atoms with Crippen molar-refractivity contribution in [3.8, 4) is 22.7 Å². The molecule has 0 saturated carbocycles. The zero-order chi connectivity index (χ0) is 19.1. The van der Waals surface area contributed by atoms with Crippen molar-refractivity contribution in [3.63, 3.8) is 0 Å². The molecule has 3 aromatic rings. The predicted octanol–water partition coefficient (Wildman–Crippen LogP) is 5.00. The van der Waals surface area contributed by atoms with Crippen molar-refractivity contribution < 1.29 is 9.47 Å². The lowest BCUT2D eigenvalue weighted by atomic mass is 10.1. The Morgan fingerprint density at radius 2 is 1.11 bits per heavy atom. The van der Waals surface area contributed by atoms with Gasteiger partial charge in [-0.3, -0.25) is 0 Å². The summed E-state index contributed by atoms with van der Waals surface area (Å²) in [7, 11) is 3.33. The molecule has 0 atom stereocenters. The third kappa shape index (κ3) is 4.46. The van der Waals surface area contributed by atoms with E-state index in [0.29, 0.717) is 0 Å². The third-order valence-electron chi connectivity index (χ3n) is 4.05. The highest BCUT2D eigenvalue weighted by Crippen LogP contribution is 2.36. The van der Waals surface area contributed by atoms with Crippen LogP contribution in [0.5, 0.6) is 11.5 Å². The second kappa shape index (κ2) is 8.88. The molecule has 0 amide bonds. The Labute approximate surface area is 164 Å². The van der Waals surface area contributed by atoms with Gasteiger partial charge in [0.15, 0.2) is 5.87 Å². The molecule has 0 spiro atoms. The number of rotatable bonds is 5. The molecule has 0 aromatic heterocycles. The fourth-order valence-corrected chi connectivity index (χ4v) is 2.89. The summed E-state index contributed by atoms with van der Waals surface area (Å²) in [5, 5.41) is 2.92. The summed E-state index contributed by atoms with van der Waals surface area (Å²) >= 11 is 1.26. The SMILES string of the molecule is C=[S+]C#Cc1ccc(N(c2ccc(OC)cc2)c2ccc(OC)cc2)cc1. The maximum absolute atomic E-state index is 5.29. The van der Waals surface area contributed by atoms with E-state index in [0.717, 1.165) is 34.1 Å². The van der Waals surface area contributed by atoms with Crippen LogP contribution in [0.15, 0.2) is 72.8 Å². The van der Waals surface area contributed by atoms with Crippen LogP contribution in [0.3, 0.4) is 0 Å². The summed E-state index contributed by atoms with van der Waals surface area (Å²) in [6.45, 7) is 0. The van der Waals surface area contributed by atoms with Gasteiger partial charge in [0.25, 0.3) is 11.4 Å². The monoisotopic (exact) mass is 374 g/mol. The molecular weight excluding hydrogens is 354 g/mol. The first kappa shape index (κ1) is 18.5. The number of benzene rings is 3. The lowest BCUT2D eigenvalue weighted by molar-refractivity contribution is 0.415. The molecule has 3 nitrogen and oxygen atoms in total. The molecule has 0 fully saturated rings. The van der Waals surface area contributed by atoms with Crippen molar-refractivity contribution in [2.24, 2.45) is 0 Å². The maximum atomic E-state index is 5.29. The number of ether oxygens (including phenoxy) is 2. The van der Waals surface area contributed by atoms with Crippen molar-refractivity contribution in [1.82, 2.24) is 0 Å². The normalized spacial score (nSPS) is 9.70. The van der Waals surface area contributed by atoms with Gasteiger partial charge >= 0.3 is 0 Å². The van der Waals surface area contributed by atoms with Gasteiger partial charge in [-0.1, -0.05) is 0 Å². The van der Waals surface area contributed by atoms with Gasteiger partial charge in [0.05, 0.1) is 14.2 Å². The van der Waals surface area contributed by atoms with Crippen LogP contribution in [-0.2, 0) is 11.4 Å². The molecule has 0 radical (unpaired) electrons. The molecule has 4 heteroatoms. The smallest absolute Gasteiger partial charge is 0.272 e. The molecular formula is C23H20NO2S+. The lowest BCUT2D eigenvalue weighted by Crippen LogP contribution is -2.09. The number of anilines is 3. The summed E-state index contributed by atoms with van der Waals surface area (Å²) in [5.74, 6) is 8.39. The Balaban J connectivity index is 2.03. The Kier molecular flexibility index (Phi) is 6.09. The van der Waals surface area contributed by atoms with E-state index in [1.807, 2.05) is 60.7 Å². The van der Waals surface area contributed by atoms with Crippen molar-refractivity contribution in [2.75, 3.05) is 19.1 Å². The standard InChI is InChI=1S/C23H20NO2S/c1-25-22-12-8-20(9-13-22)24(21-10-14-23(26-2)15-11-21)19-6-4-18(5-7-19)16-17-27-3/h4-15H,3H2,1-2H3/q+1. The second-order valence-corrected chi connectivity index (χ2v) is 6.14. The van der Waals surface area contributed by atoms with Crippen LogP contribution in [0.1, 0.15) is 5.56 Å². The first-order valence-electron chi connectivity index (χ1n) is 8.35. The Morgan fingerprint density at radius 1 is 0.704 bits per heavy atom. The Hall–Kier alpha value is -3.29. The first-order valence-corrected chi connectivity index (χ1v) is 9.34. The van der Waals surface area contributed by atoms with Gasteiger partial charge < -0.3 is 14.4 Å². The predicted molar refractivity (Wildman–Crippen MR) is 116 cm³/mol. The number of hydrogen-bond acceptors (Lipinski definition) is 3. The summed E-state index contributed by atoms with van der Waals surface area (Å²) < 4.78 is 10.6. The number of hydrogen-bond donors (Lipinski definition) is 0. The molecule has 0 aliphatic carbocycles. The number of nitrogens with zero attached hydrogens (tertiary/aromatic N) is 1. The number of methoxy groups -OCH3 is 2. The molecule has 27 heavy (non-hydrogen) atoms. The van der Waals surface area contributed by atoms with E-state index in [1.165, 1.54) is 11.4 Å². The van der Waals surface area contributed by atoms with Gasteiger partial charge in [-0.15, -0.1) is 0 Å². The fourth-order valence-electron chi connectivity index (χ4n) is 2.70. The minimum absolute atomic E-state index is 0.824. The van der Waals surface area contributed by atoms with E-state index in [1.54, 1.807) is 14.2 Å². The van der Waals surface area contributed by atoms with Crippen molar-refractivity contribution in [1.29, 1.82) is 0 Å². The minimum Gasteiger partial charge on any atom is -0.497 e. The van der Waals surface area contributed by atoms with Crippen LogP contribution in [0.2, 0.25) is 0 Å². The van der Waals surface area contributed by atoms with Crippen molar-refractivity contribution in [3.05, 3.63) is 78.4 Å². The molecule has 0 N–H and O–H groups in total. The highest BCUT2D eigenvalue weighted by molar-refractivity contribution is 7.81. The van der Waals surface area contributed by atoms with Crippen molar-refractivity contribution in [2.45, 2.75) is 0 Å². The van der Waals surface area contributed by atoms with E-state index in [2.05, 4.69) is 34.1 Å². The summed E-state index contributed by atoms with van der Waals surface area (Å²) in [6, 6.07) is 24.1. The van der Waals surface area contributed by atoms with Crippen LogP contribution < -0.4 is 14.4 Å². The van der Waals surface area contributed by atoms with Crippen LogP contribution in [0, 0.1) is 11.2 Å². The van der Waals surface area contributed by atoms with E-state index in [9.17, 15) is 0 Å². The molecule has 0 saturated heterocycles. The van der Waals surface area contributed by atoms with Gasteiger partial charge in [0.1, 0.15) is 11.5 Å². The molecule has 0 aliphatic heterocycles. The van der Waals surface area contributed by atoms with Crippen LogP contribution in [-0.4, -0.2) is 20.1 Å². The van der Waals surface area contributed by atoms with Gasteiger partial charge in [-0.25, -0.2) is 0 Å². The average molecular weight is 374 g/mol. The molecule has 0 heterocycles. The second-order valence-electron chi connectivity index (χ2n) is 5.65.